The van der Waals surface area contributed by atoms with E-state index in [1.165, 1.54) is 48.4 Å². The number of carbonyl (C=O) groups excluding carboxylic acids is 1. The number of anilines is 1. The Morgan fingerprint density at radius 1 is 1.23 bits per heavy atom. The number of hydrogen-bond acceptors (Lipinski definition) is 5. The molecule has 0 saturated carbocycles. The van der Waals surface area contributed by atoms with Crippen LogP contribution in [0.3, 0.4) is 0 Å². The summed E-state index contributed by atoms with van der Waals surface area (Å²) in [6, 6.07) is 11.7. The molecule has 0 spiro atoms. The predicted octanol–water partition coefficient (Wildman–Crippen LogP) is 4.82. The van der Waals surface area contributed by atoms with Crippen LogP contribution < -0.4 is 10.6 Å². The zero-order valence-electron chi connectivity index (χ0n) is 16.4. The van der Waals surface area contributed by atoms with Gasteiger partial charge < -0.3 is 10.6 Å². The van der Waals surface area contributed by atoms with Gasteiger partial charge in [0.25, 0.3) is 11.6 Å². The van der Waals surface area contributed by atoms with Crippen LogP contribution in [-0.4, -0.2) is 10.8 Å². The third-order valence-corrected chi connectivity index (χ3v) is 5.45. The molecule has 3 rings (SSSR count). The molecule has 2 N–H and O–H groups in total. The first kappa shape index (κ1) is 21.3. The first-order valence-electron chi connectivity index (χ1n) is 9.62. The molecule has 0 radical (unpaired) electrons. The summed E-state index contributed by atoms with van der Waals surface area (Å²) in [6.07, 6.45) is 5.70. The van der Waals surface area contributed by atoms with Gasteiger partial charge in [-0.15, -0.1) is 0 Å². The van der Waals surface area contributed by atoms with Crippen LogP contribution in [0.1, 0.15) is 42.5 Å². The molecule has 1 unspecified atom stereocenters. The van der Waals surface area contributed by atoms with E-state index in [1.54, 1.807) is 0 Å². The number of rotatable bonds is 6. The van der Waals surface area contributed by atoms with Gasteiger partial charge in [0.15, 0.2) is 0 Å². The molecule has 8 heteroatoms. The highest BCUT2D eigenvalue weighted by molar-refractivity contribution is 6.33. The number of aryl methyl sites for hydroxylation is 2. The fourth-order valence-electron chi connectivity index (χ4n) is 3.42. The third kappa shape index (κ3) is 4.97. The minimum absolute atomic E-state index is 0.153. The van der Waals surface area contributed by atoms with Gasteiger partial charge in [-0.05, 0) is 55.4 Å². The van der Waals surface area contributed by atoms with Crippen LogP contribution in [0.15, 0.2) is 48.2 Å². The van der Waals surface area contributed by atoms with Crippen molar-refractivity contribution in [2.75, 3.05) is 5.32 Å². The van der Waals surface area contributed by atoms with Gasteiger partial charge >= 0.3 is 0 Å². The fourth-order valence-corrected chi connectivity index (χ4v) is 3.59. The minimum atomic E-state index is -0.552. The lowest BCUT2D eigenvalue weighted by Crippen LogP contribution is -2.28. The Labute approximate surface area is 179 Å². The van der Waals surface area contributed by atoms with Crippen molar-refractivity contribution in [1.29, 1.82) is 5.26 Å². The Balaban J connectivity index is 1.71. The number of nitriles is 1. The molecule has 2 aromatic carbocycles. The van der Waals surface area contributed by atoms with Crippen molar-refractivity contribution in [3.05, 3.63) is 80.0 Å². The van der Waals surface area contributed by atoms with Crippen molar-refractivity contribution in [2.24, 2.45) is 0 Å². The van der Waals surface area contributed by atoms with Crippen molar-refractivity contribution in [1.82, 2.24) is 5.32 Å². The van der Waals surface area contributed by atoms with Gasteiger partial charge in [0, 0.05) is 18.3 Å². The zero-order valence-corrected chi connectivity index (χ0v) is 17.2. The lowest BCUT2D eigenvalue weighted by Gasteiger charge is -2.20. The van der Waals surface area contributed by atoms with Crippen LogP contribution in [-0.2, 0) is 17.6 Å². The normalized spacial score (nSPS) is 14.2. The number of carbonyl (C=O) groups is 1. The Morgan fingerprint density at radius 2 is 1.97 bits per heavy atom. The molecule has 1 aliphatic carbocycles. The number of nitro benzene ring substituents is 1. The smallest absolute Gasteiger partial charge is 0.271 e. The summed E-state index contributed by atoms with van der Waals surface area (Å²) in [5.74, 6) is -0.545. The van der Waals surface area contributed by atoms with Gasteiger partial charge in [0.2, 0.25) is 0 Å². The largest absolute Gasteiger partial charge is 0.359 e. The first-order chi connectivity index (χ1) is 14.4. The second-order valence-electron chi connectivity index (χ2n) is 7.17. The molecule has 0 bridgehead atoms. The molecular weight excluding hydrogens is 404 g/mol. The summed E-state index contributed by atoms with van der Waals surface area (Å²) in [5.41, 5.74) is 3.57. The quantitative estimate of drug-likeness (QED) is 0.299. The number of halogens is 1. The lowest BCUT2D eigenvalue weighted by molar-refractivity contribution is -0.384. The predicted molar refractivity (Wildman–Crippen MR) is 115 cm³/mol. The molecule has 1 atom stereocenters. The van der Waals surface area contributed by atoms with E-state index in [-0.39, 0.29) is 28.0 Å². The SMILES string of the molecule is CC(NC(=O)/C(C#N)=C\Nc1cc([N+](=O)[O-])ccc1Cl)c1ccc2c(c1)CCCC2. The number of hydrogen-bond donors (Lipinski definition) is 2. The molecule has 1 amide bonds. The van der Waals surface area contributed by atoms with Gasteiger partial charge in [0.05, 0.1) is 21.7 Å². The molecule has 0 heterocycles. The van der Waals surface area contributed by atoms with E-state index < -0.39 is 10.8 Å². The monoisotopic (exact) mass is 424 g/mol. The van der Waals surface area contributed by atoms with E-state index in [0.717, 1.165) is 18.4 Å². The standard InChI is InChI=1S/C22H21ClN4O3/c1-14(16-7-6-15-4-2-3-5-17(15)10-16)26-22(28)18(12-24)13-25-21-11-19(27(29)30)8-9-20(21)23/h6-11,13-14,25H,2-5H2,1H3,(H,26,28)/b18-13-. The number of non-ortho nitro benzene ring substituents is 1. The highest BCUT2D eigenvalue weighted by Crippen LogP contribution is 2.27. The number of fused-ring (bicyclic) bond motifs is 1. The van der Waals surface area contributed by atoms with Gasteiger partial charge in [-0.1, -0.05) is 29.8 Å². The second-order valence-corrected chi connectivity index (χ2v) is 7.57. The molecule has 0 aliphatic heterocycles. The Kier molecular flexibility index (Phi) is 6.70. The Morgan fingerprint density at radius 3 is 2.67 bits per heavy atom. The van der Waals surface area contributed by atoms with Crippen molar-refractivity contribution in [3.8, 4) is 6.07 Å². The van der Waals surface area contributed by atoms with E-state index in [1.807, 2.05) is 19.1 Å². The van der Waals surface area contributed by atoms with Crippen molar-refractivity contribution >= 4 is 28.9 Å². The molecule has 154 valence electrons. The van der Waals surface area contributed by atoms with Crippen molar-refractivity contribution in [2.45, 2.75) is 38.6 Å². The van der Waals surface area contributed by atoms with E-state index >= 15 is 0 Å². The minimum Gasteiger partial charge on any atom is -0.359 e. The maximum Gasteiger partial charge on any atom is 0.271 e. The first-order valence-corrected chi connectivity index (χ1v) is 10.00. The topological polar surface area (TPSA) is 108 Å². The van der Waals surface area contributed by atoms with Gasteiger partial charge in [-0.25, -0.2) is 0 Å². The fraction of sp³-hybridized carbons (Fsp3) is 0.273. The molecule has 1 aliphatic rings. The number of nitrogens with one attached hydrogen (secondary N) is 2. The number of benzene rings is 2. The highest BCUT2D eigenvalue weighted by Gasteiger charge is 2.17. The molecule has 2 aromatic rings. The summed E-state index contributed by atoms with van der Waals surface area (Å²) in [5, 5.41) is 26.1. The Hall–Kier alpha value is -3.37. The average Bonchev–Trinajstić information content (AvgIpc) is 2.74. The van der Waals surface area contributed by atoms with Crippen molar-refractivity contribution < 1.29 is 9.72 Å². The summed E-state index contributed by atoms with van der Waals surface area (Å²) >= 11 is 6.03. The number of nitrogens with zero attached hydrogens (tertiary/aromatic N) is 2. The second kappa shape index (κ2) is 9.42. The van der Waals surface area contributed by atoms with Crippen LogP contribution >= 0.6 is 11.6 Å². The Bertz CT molecular complexity index is 1060. The summed E-state index contributed by atoms with van der Waals surface area (Å²) < 4.78 is 0. The van der Waals surface area contributed by atoms with E-state index in [9.17, 15) is 20.2 Å². The molecule has 0 aromatic heterocycles. The molecule has 0 fully saturated rings. The average molecular weight is 425 g/mol. The number of nitro groups is 1. The van der Waals surface area contributed by atoms with Crippen LogP contribution in [0.4, 0.5) is 11.4 Å². The summed E-state index contributed by atoms with van der Waals surface area (Å²) in [6.45, 7) is 1.86. The molecular formula is C22H21ClN4O3. The molecule has 30 heavy (non-hydrogen) atoms. The van der Waals surface area contributed by atoms with E-state index in [0.29, 0.717) is 0 Å². The van der Waals surface area contributed by atoms with Gasteiger partial charge in [-0.2, -0.15) is 5.26 Å². The molecule has 0 saturated heterocycles. The van der Waals surface area contributed by atoms with Crippen molar-refractivity contribution in [3.63, 3.8) is 0 Å². The van der Waals surface area contributed by atoms with Crippen LogP contribution in [0, 0.1) is 21.4 Å². The zero-order chi connectivity index (χ0) is 21.7. The molecule has 7 nitrogen and oxygen atoms in total. The third-order valence-electron chi connectivity index (χ3n) is 5.12. The maximum atomic E-state index is 12.5. The van der Waals surface area contributed by atoms with Crippen LogP contribution in [0.5, 0.6) is 0 Å². The lowest BCUT2D eigenvalue weighted by atomic mass is 9.89. The van der Waals surface area contributed by atoms with E-state index in [2.05, 4.69) is 22.8 Å². The van der Waals surface area contributed by atoms with E-state index in [4.69, 9.17) is 11.6 Å². The van der Waals surface area contributed by atoms with Crippen LogP contribution in [0.25, 0.3) is 0 Å². The summed E-state index contributed by atoms with van der Waals surface area (Å²) in [7, 11) is 0. The maximum absolute atomic E-state index is 12.5. The van der Waals surface area contributed by atoms with Crippen LogP contribution in [0.2, 0.25) is 5.02 Å². The number of amides is 1. The highest BCUT2D eigenvalue weighted by atomic mass is 35.5. The van der Waals surface area contributed by atoms with Gasteiger partial charge in [0.1, 0.15) is 11.6 Å². The van der Waals surface area contributed by atoms with Gasteiger partial charge in [-0.3, -0.25) is 14.9 Å². The summed E-state index contributed by atoms with van der Waals surface area (Å²) in [4.78, 5) is 22.9.